The molecule has 1 rings (SSSR count). The fourth-order valence-corrected chi connectivity index (χ4v) is 2.59. The van der Waals surface area contributed by atoms with Gasteiger partial charge in [-0.05, 0) is 12.8 Å². The van der Waals surface area contributed by atoms with Gasteiger partial charge in [0.15, 0.2) is 0 Å². The molecule has 2 N–H and O–H groups in total. The van der Waals surface area contributed by atoms with Crippen molar-refractivity contribution in [2.24, 2.45) is 5.41 Å². The summed E-state index contributed by atoms with van der Waals surface area (Å²) in [4.78, 5) is 9.60. The Hall–Kier alpha value is 0.270. The van der Waals surface area contributed by atoms with Gasteiger partial charge in [0.1, 0.15) is 0 Å². The van der Waals surface area contributed by atoms with Gasteiger partial charge in [-0.2, -0.15) is 0 Å². The lowest BCUT2D eigenvalue weighted by atomic mass is 9.97. The third kappa shape index (κ3) is 5.55. The third-order valence-electron chi connectivity index (χ3n) is 2.79. The van der Waals surface area contributed by atoms with Gasteiger partial charge in [0.25, 0.3) is 0 Å². The molecule has 1 aliphatic carbocycles. The van der Waals surface area contributed by atoms with E-state index in [1.54, 1.807) is 0 Å². The Morgan fingerprint density at radius 2 is 1.88 bits per heavy atom. The molecule has 96 valence electrons. The number of aliphatic hydroxyl groups is 1. The topological polar surface area (TPSA) is 58.9 Å². The van der Waals surface area contributed by atoms with Crippen LogP contribution < -0.4 is 0 Å². The molecule has 0 spiro atoms. The van der Waals surface area contributed by atoms with Crippen molar-refractivity contribution in [3.63, 3.8) is 0 Å². The third-order valence-corrected chi connectivity index (χ3v) is 3.61. The SMILES string of the molecule is CC(C)(CO)COP(O)OC1CCCCC1. The molecule has 0 bridgehead atoms. The summed E-state index contributed by atoms with van der Waals surface area (Å²) in [5, 5.41) is 9.03. The molecule has 0 aromatic rings. The first-order valence-electron chi connectivity index (χ1n) is 5.93. The Kier molecular flexibility index (Phi) is 6.16. The van der Waals surface area contributed by atoms with Crippen molar-refractivity contribution in [3.8, 4) is 0 Å². The average molecular weight is 250 g/mol. The highest BCUT2D eigenvalue weighted by atomic mass is 31.2. The predicted molar refractivity (Wildman–Crippen MR) is 63.9 cm³/mol. The summed E-state index contributed by atoms with van der Waals surface area (Å²) in [5.74, 6) is 0. The number of rotatable bonds is 6. The van der Waals surface area contributed by atoms with Gasteiger partial charge in [-0.1, -0.05) is 33.1 Å². The average Bonchev–Trinajstić information content (AvgIpc) is 2.28. The van der Waals surface area contributed by atoms with Crippen molar-refractivity contribution in [3.05, 3.63) is 0 Å². The Morgan fingerprint density at radius 3 is 2.44 bits per heavy atom. The Morgan fingerprint density at radius 1 is 1.25 bits per heavy atom. The van der Waals surface area contributed by atoms with E-state index in [0.717, 1.165) is 12.8 Å². The minimum atomic E-state index is -1.78. The quantitative estimate of drug-likeness (QED) is 0.711. The van der Waals surface area contributed by atoms with Crippen LogP contribution in [0.15, 0.2) is 0 Å². The van der Waals surface area contributed by atoms with Gasteiger partial charge in [0, 0.05) is 5.41 Å². The van der Waals surface area contributed by atoms with Crippen LogP contribution in [0, 0.1) is 5.41 Å². The van der Waals surface area contributed by atoms with Gasteiger partial charge < -0.3 is 19.0 Å². The first-order chi connectivity index (χ1) is 7.53. The molecule has 0 heterocycles. The summed E-state index contributed by atoms with van der Waals surface area (Å²) < 4.78 is 10.7. The minimum absolute atomic E-state index is 0.0413. The number of hydrogen-bond acceptors (Lipinski definition) is 4. The largest absolute Gasteiger partial charge is 0.396 e. The van der Waals surface area contributed by atoms with Gasteiger partial charge >= 0.3 is 8.60 Å². The molecule has 0 aromatic heterocycles. The van der Waals surface area contributed by atoms with Crippen molar-refractivity contribution < 1.29 is 19.0 Å². The van der Waals surface area contributed by atoms with E-state index in [1.807, 2.05) is 13.8 Å². The van der Waals surface area contributed by atoms with Crippen molar-refractivity contribution in [2.45, 2.75) is 52.1 Å². The maximum absolute atomic E-state index is 9.60. The van der Waals surface area contributed by atoms with Gasteiger partial charge in [-0.25, -0.2) is 0 Å². The van der Waals surface area contributed by atoms with Crippen molar-refractivity contribution >= 4 is 8.60 Å². The maximum Gasteiger partial charge on any atom is 0.330 e. The van der Waals surface area contributed by atoms with Gasteiger partial charge in [0.2, 0.25) is 0 Å². The van der Waals surface area contributed by atoms with Gasteiger partial charge in [-0.15, -0.1) is 0 Å². The number of aliphatic hydroxyl groups excluding tert-OH is 1. The maximum atomic E-state index is 9.60. The fourth-order valence-electron chi connectivity index (χ4n) is 1.60. The molecule has 0 aromatic carbocycles. The minimum Gasteiger partial charge on any atom is -0.396 e. The van der Waals surface area contributed by atoms with E-state index in [4.69, 9.17) is 14.2 Å². The van der Waals surface area contributed by atoms with Crippen LogP contribution in [-0.2, 0) is 9.05 Å². The molecular weight excluding hydrogens is 227 g/mol. The molecule has 1 saturated carbocycles. The van der Waals surface area contributed by atoms with Gasteiger partial charge in [-0.3, -0.25) is 0 Å². The van der Waals surface area contributed by atoms with Crippen LogP contribution in [0.4, 0.5) is 0 Å². The van der Waals surface area contributed by atoms with Gasteiger partial charge in [0.05, 0.1) is 19.3 Å². The highest BCUT2D eigenvalue weighted by Gasteiger charge is 2.23. The Bertz CT molecular complexity index is 192. The standard InChI is InChI=1S/C11H23O4P/c1-11(2,8-12)9-14-16(13)15-10-6-4-3-5-7-10/h10,12-13H,3-9H2,1-2H3. The molecule has 0 radical (unpaired) electrons. The van der Waals surface area contributed by atoms with Crippen LogP contribution >= 0.6 is 8.60 Å². The monoisotopic (exact) mass is 250 g/mol. The van der Waals surface area contributed by atoms with Crippen molar-refractivity contribution in [1.29, 1.82) is 0 Å². The van der Waals surface area contributed by atoms with E-state index >= 15 is 0 Å². The Balaban J connectivity index is 2.17. The highest BCUT2D eigenvalue weighted by Crippen LogP contribution is 2.39. The van der Waals surface area contributed by atoms with Crippen molar-refractivity contribution in [2.75, 3.05) is 13.2 Å². The molecule has 4 nitrogen and oxygen atoms in total. The Labute approximate surface area is 99.0 Å². The zero-order valence-corrected chi connectivity index (χ0v) is 11.1. The lowest BCUT2D eigenvalue weighted by molar-refractivity contribution is 0.0652. The second kappa shape index (κ2) is 6.87. The smallest absolute Gasteiger partial charge is 0.330 e. The lowest BCUT2D eigenvalue weighted by Gasteiger charge is -2.26. The summed E-state index contributed by atoms with van der Waals surface area (Å²) in [6, 6.07) is 0. The second-order valence-electron chi connectivity index (χ2n) is 5.20. The second-order valence-corrected chi connectivity index (χ2v) is 6.14. The van der Waals surface area contributed by atoms with E-state index in [9.17, 15) is 4.89 Å². The summed E-state index contributed by atoms with van der Waals surface area (Å²) in [5.41, 5.74) is -0.320. The molecule has 1 aliphatic rings. The summed E-state index contributed by atoms with van der Waals surface area (Å²) >= 11 is 0. The zero-order valence-electron chi connectivity index (χ0n) is 10.2. The van der Waals surface area contributed by atoms with Crippen LogP contribution in [0.2, 0.25) is 0 Å². The van der Waals surface area contributed by atoms with Crippen LogP contribution in [-0.4, -0.2) is 29.3 Å². The van der Waals surface area contributed by atoms with Crippen LogP contribution in [0.25, 0.3) is 0 Å². The molecule has 1 atom stereocenters. The van der Waals surface area contributed by atoms with Crippen LogP contribution in [0.1, 0.15) is 46.0 Å². The van der Waals surface area contributed by atoms with E-state index in [2.05, 4.69) is 0 Å². The molecule has 1 unspecified atom stereocenters. The van der Waals surface area contributed by atoms with E-state index in [1.165, 1.54) is 19.3 Å². The molecule has 0 aliphatic heterocycles. The summed E-state index contributed by atoms with van der Waals surface area (Å²) in [6.45, 7) is 4.13. The molecule has 0 amide bonds. The zero-order chi connectivity index (χ0) is 12.0. The normalized spacial score (nSPS) is 21.0. The first-order valence-corrected chi connectivity index (χ1v) is 7.06. The first kappa shape index (κ1) is 14.3. The fraction of sp³-hybridized carbons (Fsp3) is 1.00. The molecule has 0 saturated heterocycles. The van der Waals surface area contributed by atoms with Crippen LogP contribution in [0.3, 0.4) is 0 Å². The van der Waals surface area contributed by atoms with E-state index in [-0.39, 0.29) is 18.1 Å². The summed E-state index contributed by atoms with van der Waals surface area (Å²) in [7, 11) is -1.78. The molecular formula is C11H23O4P. The molecule has 5 heteroatoms. The van der Waals surface area contributed by atoms with E-state index < -0.39 is 8.60 Å². The predicted octanol–water partition coefficient (Wildman–Crippen LogP) is 2.59. The summed E-state index contributed by atoms with van der Waals surface area (Å²) in [6.07, 6.45) is 5.81. The molecule has 1 fully saturated rings. The van der Waals surface area contributed by atoms with Crippen LogP contribution in [0.5, 0.6) is 0 Å². The lowest BCUT2D eigenvalue weighted by Crippen LogP contribution is -2.23. The highest BCUT2D eigenvalue weighted by molar-refractivity contribution is 7.40. The molecule has 16 heavy (non-hydrogen) atoms. The van der Waals surface area contributed by atoms with Crippen molar-refractivity contribution in [1.82, 2.24) is 0 Å². The number of hydrogen-bond donors (Lipinski definition) is 2. The van der Waals surface area contributed by atoms with E-state index in [0.29, 0.717) is 6.61 Å².